The molecule has 68 heavy (non-hydrogen) atoms. The quantitative estimate of drug-likeness (QED) is 0.0236. The highest BCUT2D eigenvalue weighted by atomic mass is 31.2. The molecule has 0 bridgehead atoms. The molecule has 0 radical (unpaired) electrons. The molecule has 3 unspecified atom stereocenters. The van der Waals surface area contributed by atoms with Crippen molar-refractivity contribution in [3.63, 3.8) is 0 Å². The number of aliphatic hydroxyl groups excluding tert-OH is 2. The van der Waals surface area contributed by atoms with E-state index in [4.69, 9.17) is 23.6 Å². The Bertz CT molecular complexity index is 1470. The first-order chi connectivity index (χ1) is 33.3. The molecule has 0 heterocycles. The summed E-state index contributed by atoms with van der Waals surface area (Å²) in [4.78, 5) is 22.7. The van der Waals surface area contributed by atoms with Crippen LogP contribution in [0.5, 0.6) is 0 Å². The Morgan fingerprint density at radius 1 is 0.471 bits per heavy atom. The van der Waals surface area contributed by atoms with E-state index in [0.29, 0.717) is 13.0 Å². The maximum absolute atomic E-state index is 12.7. The number of rotatable bonds is 49. The summed E-state index contributed by atoms with van der Waals surface area (Å²) >= 11 is 0. The van der Waals surface area contributed by atoms with Gasteiger partial charge in [-0.3, -0.25) is 13.8 Å². The van der Waals surface area contributed by atoms with Gasteiger partial charge in [0.05, 0.1) is 26.4 Å². The van der Waals surface area contributed by atoms with Crippen molar-refractivity contribution >= 4 is 13.8 Å². The van der Waals surface area contributed by atoms with Crippen molar-refractivity contribution in [2.45, 2.75) is 206 Å². The van der Waals surface area contributed by atoms with Gasteiger partial charge in [-0.15, -0.1) is 0 Å². The van der Waals surface area contributed by atoms with E-state index >= 15 is 0 Å². The molecule has 0 saturated heterocycles. The molecule has 0 aromatic rings. The molecular weight excluding hydrogens is 872 g/mol. The Hall–Kier alpha value is -3.14. The summed E-state index contributed by atoms with van der Waals surface area (Å²) in [6, 6.07) is 0. The van der Waals surface area contributed by atoms with Crippen molar-refractivity contribution < 1.29 is 43.0 Å². The van der Waals surface area contributed by atoms with E-state index in [1.54, 1.807) is 0 Å². The average molecular weight is 969 g/mol. The van der Waals surface area contributed by atoms with Crippen LogP contribution in [0.25, 0.3) is 0 Å². The van der Waals surface area contributed by atoms with Gasteiger partial charge in [-0.05, 0) is 109 Å². The summed E-state index contributed by atoms with van der Waals surface area (Å²) < 4.78 is 33.5. The van der Waals surface area contributed by atoms with Crippen molar-refractivity contribution in [2.75, 3.05) is 33.0 Å². The number of ether oxygens (including phenoxy) is 2. The van der Waals surface area contributed by atoms with Crippen molar-refractivity contribution in [3.8, 4) is 0 Å². The predicted octanol–water partition coefficient (Wildman–Crippen LogP) is 15.9. The SMILES string of the molecule is CC/C=C\C/C=C\C/C=C\C/C=C\C/C=C\C/C=C\C/C=C\CCCCOCC(COP(=O)(O)OCC(O)CO)OC(=O)CCCCCCCCCC/C=C\C/C=C\C/C=C\CCCCCCC. The zero-order chi connectivity index (χ0) is 49.5. The lowest BCUT2D eigenvalue weighted by Gasteiger charge is -2.20. The largest absolute Gasteiger partial charge is 0.472 e. The van der Waals surface area contributed by atoms with Crippen LogP contribution in [0.1, 0.15) is 194 Å². The Morgan fingerprint density at radius 2 is 0.838 bits per heavy atom. The van der Waals surface area contributed by atoms with Crippen molar-refractivity contribution in [1.82, 2.24) is 0 Å². The zero-order valence-corrected chi connectivity index (χ0v) is 43.7. The fourth-order valence-electron chi connectivity index (χ4n) is 6.64. The number of hydrogen-bond donors (Lipinski definition) is 3. The number of allylic oxidation sites excluding steroid dienone is 20. The van der Waals surface area contributed by atoms with E-state index in [9.17, 15) is 19.4 Å². The van der Waals surface area contributed by atoms with Crippen LogP contribution in [0.3, 0.4) is 0 Å². The Kier molecular flexibility index (Phi) is 50.8. The molecule has 0 amide bonds. The van der Waals surface area contributed by atoms with Gasteiger partial charge in [0.2, 0.25) is 0 Å². The molecule has 3 atom stereocenters. The molecule has 0 fully saturated rings. The number of carbonyl (C=O) groups excluding carboxylic acids is 1. The first-order valence-electron chi connectivity index (χ1n) is 26.5. The van der Waals surface area contributed by atoms with Gasteiger partial charge in [0.15, 0.2) is 0 Å². The highest BCUT2D eigenvalue weighted by Gasteiger charge is 2.26. The second-order valence-corrected chi connectivity index (χ2v) is 18.6. The van der Waals surface area contributed by atoms with Crippen LogP contribution in [0, 0.1) is 0 Å². The first-order valence-corrected chi connectivity index (χ1v) is 28.0. The highest BCUT2D eigenvalue weighted by molar-refractivity contribution is 7.47. The van der Waals surface area contributed by atoms with Gasteiger partial charge in [0.25, 0.3) is 0 Å². The molecule has 0 aromatic carbocycles. The fraction of sp³-hybridized carbons (Fsp3) is 0.638. The molecule has 0 saturated carbocycles. The van der Waals surface area contributed by atoms with Crippen LogP contribution in [0.2, 0.25) is 0 Å². The number of aliphatic hydroxyl groups is 2. The second kappa shape index (κ2) is 53.2. The van der Waals surface area contributed by atoms with Crippen molar-refractivity contribution in [3.05, 3.63) is 122 Å². The molecule has 9 nitrogen and oxygen atoms in total. The molecule has 10 heteroatoms. The smallest absolute Gasteiger partial charge is 0.457 e. The fourth-order valence-corrected chi connectivity index (χ4v) is 7.43. The number of hydrogen-bond acceptors (Lipinski definition) is 8. The van der Waals surface area contributed by atoms with Crippen LogP contribution in [-0.4, -0.2) is 66.3 Å². The molecule has 0 spiro atoms. The zero-order valence-electron chi connectivity index (χ0n) is 42.8. The maximum Gasteiger partial charge on any atom is 0.472 e. The van der Waals surface area contributed by atoms with Crippen molar-refractivity contribution in [1.29, 1.82) is 0 Å². The Morgan fingerprint density at radius 3 is 1.26 bits per heavy atom. The average Bonchev–Trinajstić information content (AvgIpc) is 3.33. The van der Waals surface area contributed by atoms with E-state index in [2.05, 4.69) is 135 Å². The summed E-state index contributed by atoms with van der Waals surface area (Å²) in [5.41, 5.74) is 0. The lowest BCUT2D eigenvalue weighted by atomic mass is 10.1. The van der Waals surface area contributed by atoms with Crippen LogP contribution in [0.15, 0.2) is 122 Å². The molecular formula is C58H97O9P. The van der Waals surface area contributed by atoms with Crippen LogP contribution in [-0.2, 0) is 27.9 Å². The Balaban J connectivity index is 4.22. The predicted molar refractivity (Wildman–Crippen MR) is 288 cm³/mol. The van der Waals surface area contributed by atoms with Crippen LogP contribution >= 0.6 is 7.82 Å². The first kappa shape index (κ1) is 64.9. The summed E-state index contributed by atoms with van der Waals surface area (Å²) in [7, 11) is -4.55. The highest BCUT2D eigenvalue weighted by Crippen LogP contribution is 2.43. The number of unbranched alkanes of at least 4 members (excludes halogenated alkanes) is 15. The van der Waals surface area contributed by atoms with Gasteiger partial charge < -0.3 is 24.6 Å². The minimum Gasteiger partial charge on any atom is -0.457 e. The summed E-state index contributed by atoms with van der Waals surface area (Å²) in [5, 5.41) is 18.4. The minimum atomic E-state index is -4.55. The maximum atomic E-state index is 12.7. The summed E-state index contributed by atoms with van der Waals surface area (Å²) in [6.45, 7) is 3.25. The van der Waals surface area contributed by atoms with Gasteiger partial charge in [0.1, 0.15) is 12.2 Å². The summed E-state index contributed by atoms with van der Waals surface area (Å²) in [6.07, 6.45) is 71.7. The normalized spacial score (nSPS) is 14.7. The van der Waals surface area contributed by atoms with Crippen LogP contribution in [0.4, 0.5) is 0 Å². The molecule has 0 aromatic heterocycles. The van der Waals surface area contributed by atoms with Gasteiger partial charge >= 0.3 is 13.8 Å². The summed E-state index contributed by atoms with van der Waals surface area (Å²) in [5.74, 6) is -0.410. The lowest BCUT2D eigenvalue weighted by Crippen LogP contribution is -2.29. The van der Waals surface area contributed by atoms with E-state index in [1.165, 1.54) is 64.2 Å². The minimum absolute atomic E-state index is 0.00752. The third-order valence-corrected chi connectivity index (χ3v) is 11.6. The second-order valence-electron chi connectivity index (χ2n) is 17.2. The van der Waals surface area contributed by atoms with E-state index in [-0.39, 0.29) is 13.0 Å². The van der Waals surface area contributed by atoms with Crippen LogP contribution < -0.4 is 0 Å². The number of esters is 1. The standard InChI is InChI=1S/C58H97O9P/c1-3-5-7-9-11-13-15-17-19-21-23-25-27-29-31-33-35-37-39-41-43-45-47-49-51-64-54-57(55-66-68(62,63)65-53-56(60)52-59)67-58(61)50-48-46-44-42-40-38-36-34-32-30-28-26-24-22-20-18-16-14-12-10-8-6-4-2/h5,7,11,13,16-19,22-25,28-31,35,37,41,43,56-57,59-60H,3-4,6,8-10,12,14-15,20-21,26-27,32-34,36,38-40,42,44-55H2,1-2H3,(H,62,63)/b7-5-,13-11-,18-16-,19-17-,24-22-,25-23-,30-28-,31-29-,37-35-,43-41-. The van der Waals surface area contributed by atoms with E-state index in [0.717, 1.165) is 103 Å². The topological polar surface area (TPSA) is 132 Å². The van der Waals surface area contributed by atoms with Crippen molar-refractivity contribution in [2.24, 2.45) is 0 Å². The molecule has 0 aliphatic rings. The molecule has 3 N–H and O–H groups in total. The monoisotopic (exact) mass is 969 g/mol. The third-order valence-electron chi connectivity index (χ3n) is 10.6. The van der Waals surface area contributed by atoms with Gasteiger partial charge in [0, 0.05) is 13.0 Å². The van der Waals surface area contributed by atoms with E-state index < -0.39 is 45.8 Å². The number of carbonyl (C=O) groups is 1. The van der Waals surface area contributed by atoms with Gasteiger partial charge in [-0.1, -0.05) is 200 Å². The third kappa shape index (κ3) is 52.2. The van der Waals surface area contributed by atoms with Gasteiger partial charge in [-0.25, -0.2) is 4.57 Å². The molecule has 388 valence electrons. The molecule has 0 aliphatic carbocycles. The number of phosphoric ester groups is 1. The lowest BCUT2D eigenvalue weighted by molar-refractivity contribution is -0.154. The Labute approximate surface area is 415 Å². The number of phosphoric acid groups is 1. The molecule has 0 aliphatic heterocycles. The van der Waals surface area contributed by atoms with Gasteiger partial charge in [-0.2, -0.15) is 0 Å². The van der Waals surface area contributed by atoms with E-state index in [1.807, 2.05) is 0 Å². The molecule has 0 rings (SSSR count).